The summed E-state index contributed by atoms with van der Waals surface area (Å²) < 4.78 is 7.14. The highest BCUT2D eigenvalue weighted by molar-refractivity contribution is 9.10. The van der Waals surface area contributed by atoms with E-state index in [0.29, 0.717) is 19.2 Å². The van der Waals surface area contributed by atoms with Crippen LogP contribution in [-0.4, -0.2) is 64.1 Å². The summed E-state index contributed by atoms with van der Waals surface area (Å²) in [6.45, 7) is 9.03. The number of benzene rings is 2. The predicted octanol–water partition coefficient (Wildman–Crippen LogP) is 6.85. The fourth-order valence-electron chi connectivity index (χ4n) is 8.34. The molecule has 0 aromatic heterocycles. The van der Waals surface area contributed by atoms with Crippen molar-refractivity contribution in [3.63, 3.8) is 0 Å². The number of hydrogen-bond donors (Lipinski definition) is 2. The van der Waals surface area contributed by atoms with Crippen LogP contribution in [0, 0.1) is 23.7 Å². The van der Waals surface area contributed by atoms with Crippen LogP contribution in [0.2, 0.25) is 6.32 Å². The maximum atomic E-state index is 14.3. The Morgan fingerprint density at radius 1 is 1.09 bits per heavy atom. The molecule has 2 amide bonds. The molecular weight excluding hydrogens is 643 g/mol. The molecule has 46 heavy (non-hydrogen) atoms. The van der Waals surface area contributed by atoms with E-state index in [0.717, 1.165) is 60.9 Å². The number of carbonyl (C=O) groups excluding carboxylic acids is 2. The van der Waals surface area contributed by atoms with Crippen molar-refractivity contribution in [3.8, 4) is 5.75 Å². The van der Waals surface area contributed by atoms with E-state index in [2.05, 4.69) is 65.9 Å². The summed E-state index contributed by atoms with van der Waals surface area (Å²) in [7, 11) is -0.979. The molecule has 3 saturated heterocycles. The van der Waals surface area contributed by atoms with E-state index < -0.39 is 13.0 Å². The van der Waals surface area contributed by atoms with E-state index in [1.54, 1.807) is 11.0 Å². The number of carbonyl (C=O) groups is 2. The lowest BCUT2D eigenvalue weighted by Gasteiger charge is -2.44. The monoisotopic (exact) mass is 688 g/mol. The summed E-state index contributed by atoms with van der Waals surface area (Å²) in [4.78, 5) is 32.3. The molecule has 3 heterocycles. The summed E-state index contributed by atoms with van der Waals surface area (Å²) in [6.07, 6.45) is 6.43. The Morgan fingerprint density at radius 3 is 2.52 bits per heavy atom. The first kappa shape index (κ1) is 33.2. The third kappa shape index (κ3) is 6.80. The second-order valence-electron chi connectivity index (χ2n) is 13.8. The molecule has 0 radical (unpaired) electrons. The van der Waals surface area contributed by atoms with Crippen LogP contribution in [0.15, 0.2) is 69.7 Å². The molecule has 2 aromatic rings. The van der Waals surface area contributed by atoms with Crippen molar-refractivity contribution in [3.05, 3.63) is 80.8 Å². The third-order valence-corrected chi connectivity index (χ3v) is 11.2. The number of aromatic hydroxyl groups is 1. The molecule has 0 bridgehead atoms. The minimum absolute atomic E-state index is 0.0173. The first-order chi connectivity index (χ1) is 22.1. The van der Waals surface area contributed by atoms with Crippen LogP contribution in [0.3, 0.4) is 0 Å². The van der Waals surface area contributed by atoms with E-state index in [-0.39, 0.29) is 47.5 Å². The number of likely N-dealkylation sites (tertiary alicyclic amines) is 2. The van der Waals surface area contributed by atoms with E-state index >= 15 is 0 Å². The van der Waals surface area contributed by atoms with Gasteiger partial charge in [-0.1, -0.05) is 84.3 Å². The van der Waals surface area contributed by atoms with Crippen LogP contribution in [0.25, 0.3) is 6.08 Å². The molecule has 0 spiro atoms. The number of allylic oxidation sites excluding steroid dienone is 2. The molecule has 0 saturated carbocycles. The van der Waals surface area contributed by atoms with E-state index in [4.69, 9.17) is 4.65 Å². The predicted molar refractivity (Wildman–Crippen MR) is 185 cm³/mol. The molecule has 7 nitrogen and oxygen atoms in total. The van der Waals surface area contributed by atoms with Crippen LogP contribution < -0.4 is 0 Å². The maximum Gasteiger partial charge on any atom is 0.455 e. The third-order valence-electron chi connectivity index (χ3n) is 10.7. The minimum atomic E-state index is -0.979. The Hall–Kier alpha value is -2.72. The average molecular weight is 690 g/mol. The Kier molecular flexibility index (Phi) is 10.2. The summed E-state index contributed by atoms with van der Waals surface area (Å²) in [5.41, 5.74) is 5.57. The van der Waals surface area contributed by atoms with Crippen molar-refractivity contribution in [1.82, 2.24) is 9.80 Å². The van der Waals surface area contributed by atoms with E-state index in [1.165, 1.54) is 16.7 Å². The van der Waals surface area contributed by atoms with Gasteiger partial charge in [0.25, 0.3) is 0 Å². The van der Waals surface area contributed by atoms with E-state index in [9.17, 15) is 19.7 Å². The second kappa shape index (κ2) is 14.2. The zero-order valence-corrected chi connectivity index (χ0v) is 28.8. The van der Waals surface area contributed by atoms with Gasteiger partial charge in [-0.25, -0.2) is 0 Å². The van der Waals surface area contributed by atoms with Gasteiger partial charge in [-0.3, -0.25) is 19.4 Å². The summed E-state index contributed by atoms with van der Waals surface area (Å²) in [5.74, 6) is -0.626. The topological polar surface area (TPSA) is 90.3 Å². The number of phenolic OH excluding ortho intramolecular Hbond substituents is 1. The average Bonchev–Trinajstić information content (AvgIpc) is 3.30. The van der Waals surface area contributed by atoms with Gasteiger partial charge >= 0.3 is 7.12 Å². The van der Waals surface area contributed by atoms with Crippen LogP contribution in [0.1, 0.15) is 70.4 Å². The van der Waals surface area contributed by atoms with Gasteiger partial charge in [0.1, 0.15) is 5.75 Å². The number of nitrogens with zero attached hydrogens (tertiary/aromatic N) is 2. The summed E-state index contributed by atoms with van der Waals surface area (Å²) in [6, 6.07) is 15.8. The summed E-state index contributed by atoms with van der Waals surface area (Å²) in [5, 5.41) is 21.4. The number of fused-ring (bicyclic) bond motifs is 3. The number of rotatable bonds is 9. The number of halogens is 1. The molecule has 4 atom stereocenters. The maximum absolute atomic E-state index is 14.3. The van der Waals surface area contributed by atoms with Crippen molar-refractivity contribution in [2.45, 2.75) is 84.3 Å². The zero-order valence-electron chi connectivity index (χ0n) is 27.2. The molecule has 2 N–H and O–H groups in total. The zero-order chi connectivity index (χ0) is 32.5. The van der Waals surface area contributed by atoms with Crippen molar-refractivity contribution in [2.24, 2.45) is 23.7 Å². The molecule has 9 heteroatoms. The Bertz CT molecular complexity index is 1500. The van der Waals surface area contributed by atoms with Crippen LogP contribution >= 0.6 is 15.9 Å². The molecule has 3 fully saturated rings. The molecule has 0 unspecified atom stereocenters. The first-order valence-electron chi connectivity index (χ1n) is 17.0. The van der Waals surface area contributed by atoms with Crippen molar-refractivity contribution >= 4 is 40.9 Å². The fourth-order valence-corrected chi connectivity index (χ4v) is 8.72. The van der Waals surface area contributed by atoms with Gasteiger partial charge in [-0.2, -0.15) is 0 Å². The van der Waals surface area contributed by atoms with Gasteiger partial charge in [0.05, 0.1) is 17.9 Å². The van der Waals surface area contributed by atoms with Gasteiger partial charge in [0.15, 0.2) is 0 Å². The highest BCUT2D eigenvalue weighted by Crippen LogP contribution is 2.52. The minimum Gasteiger partial charge on any atom is -0.507 e. The Labute approximate surface area is 282 Å². The van der Waals surface area contributed by atoms with Crippen LogP contribution in [0.4, 0.5) is 0 Å². The lowest BCUT2D eigenvalue weighted by molar-refractivity contribution is -0.144. The van der Waals surface area contributed by atoms with Crippen LogP contribution in [0.5, 0.6) is 5.75 Å². The molecular formula is C37H46BBrN2O5. The first-order valence-corrected chi connectivity index (χ1v) is 17.8. The smallest absolute Gasteiger partial charge is 0.455 e. The summed E-state index contributed by atoms with van der Waals surface area (Å²) >= 11 is 3.50. The molecule has 2 aromatic carbocycles. The van der Waals surface area contributed by atoms with Gasteiger partial charge in [-0.15, -0.1) is 0 Å². The van der Waals surface area contributed by atoms with Gasteiger partial charge in [0.2, 0.25) is 11.8 Å². The molecule has 3 aliphatic heterocycles. The highest BCUT2D eigenvalue weighted by Gasteiger charge is 2.58. The molecule has 4 aliphatic rings. The largest absolute Gasteiger partial charge is 0.507 e. The van der Waals surface area contributed by atoms with Crippen molar-refractivity contribution in [1.29, 1.82) is 0 Å². The number of amides is 2. The number of phenols is 1. The van der Waals surface area contributed by atoms with E-state index in [1.807, 2.05) is 24.3 Å². The Morgan fingerprint density at radius 2 is 1.83 bits per heavy atom. The van der Waals surface area contributed by atoms with Gasteiger partial charge < -0.3 is 14.8 Å². The number of hydrogen-bond acceptors (Lipinski definition) is 6. The molecule has 244 valence electrons. The Balaban J connectivity index is 1.20. The second-order valence-corrected chi connectivity index (χ2v) is 14.7. The van der Waals surface area contributed by atoms with Gasteiger partial charge in [-0.05, 0) is 86.0 Å². The van der Waals surface area contributed by atoms with Gasteiger partial charge in [0, 0.05) is 35.7 Å². The lowest BCUT2D eigenvalue weighted by atomic mass is 9.57. The number of piperidine rings is 1. The quantitative estimate of drug-likeness (QED) is 0.170. The number of imide groups is 1. The van der Waals surface area contributed by atoms with Crippen LogP contribution in [-0.2, 0) is 20.8 Å². The molecule has 6 rings (SSSR count). The highest BCUT2D eigenvalue weighted by atomic mass is 79.9. The molecule has 1 aliphatic carbocycles. The SMILES string of the molecule is CC/C(=C\c1cc(Br)ccc1O)CC[C@H]1OB(O)C[C@H]2C1=C(C(C)C)C[C@H]1C(=O)N(C3CCN(Cc4ccccc4)CC3)C(=O)[C@H]12. The van der Waals surface area contributed by atoms with Crippen molar-refractivity contribution < 1.29 is 24.4 Å². The standard InChI is InChI=1S/C37H46BBrN2O5/c1-4-24(18-26-19-27(39)11-12-32(26)42)10-13-33-34-29(23(2)3)20-30-35(31(34)21-38(45)46-33)37(44)41(36(30)43)28-14-16-40(17-15-28)22-25-8-6-5-7-9-25/h5-9,11-12,18-19,23,28,30-31,33,35,42,45H,4,10,13-17,20-22H2,1-3H3/b24-18+/t30-,31+,33-,35-/m1/s1. The fraction of sp³-hybridized carbons (Fsp3) is 0.514. The van der Waals surface area contributed by atoms with Crippen molar-refractivity contribution in [2.75, 3.05) is 13.1 Å². The normalized spacial score (nSPS) is 26.3. The lowest BCUT2D eigenvalue weighted by Crippen LogP contribution is -2.48.